The smallest absolute Gasteiger partial charge is 0.308 e. The van der Waals surface area contributed by atoms with Crippen LogP contribution in [0.4, 0.5) is 0 Å². The quantitative estimate of drug-likeness (QED) is 0.192. The van der Waals surface area contributed by atoms with Crippen LogP contribution in [0, 0.1) is 11.8 Å². The fourth-order valence-corrected chi connectivity index (χ4v) is 3.48. The lowest BCUT2D eigenvalue weighted by Crippen LogP contribution is -2.16. The second-order valence-electron chi connectivity index (χ2n) is 8.68. The molecule has 3 nitrogen and oxygen atoms in total. The summed E-state index contributed by atoms with van der Waals surface area (Å²) in [5, 5.41) is 9.87. The van der Waals surface area contributed by atoms with Crippen molar-refractivity contribution in [1.29, 1.82) is 0 Å². The van der Waals surface area contributed by atoms with Crippen molar-refractivity contribution in [2.24, 2.45) is 11.8 Å². The van der Waals surface area contributed by atoms with Gasteiger partial charge in [0, 0.05) is 0 Å². The molecule has 1 N–H and O–H groups in total. The van der Waals surface area contributed by atoms with Gasteiger partial charge in [0.25, 0.3) is 0 Å². The zero-order chi connectivity index (χ0) is 20.3. The van der Waals surface area contributed by atoms with Crippen molar-refractivity contribution in [3.63, 3.8) is 0 Å². The molecule has 0 fully saturated rings. The Bertz CT molecular complexity index is 330. The van der Waals surface area contributed by atoms with Crippen molar-refractivity contribution in [2.75, 3.05) is 6.61 Å². The molecule has 0 aromatic rings. The maximum Gasteiger partial charge on any atom is 0.308 e. The molecule has 0 aromatic carbocycles. The highest BCUT2D eigenvalue weighted by molar-refractivity contribution is 5.69. The first-order valence-corrected chi connectivity index (χ1v) is 11.8. The van der Waals surface area contributed by atoms with Gasteiger partial charge in [-0.15, -0.1) is 0 Å². The van der Waals surface area contributed by atoms with Crippen molar-refractivity contribution in [2.45, 2.75) is 130 Å². The Hall–Kier alpha value is -0.570. The van der Waals surface area contributed by atoms with Crippen LogP contribution in [0.25, 0.3) is 0 Å². The number of hydrogen-bond acceptors (Lipinski definition) is 3. The molecule has 0 spiro atoms. The van der Waals surface area contributed by atoms with E-state index >= 15 is 0 Å². The van der Waals surface area contributed by atoms with Gasteiger partial charge in [-0.1, -0.05) is 105 Å². The monoisotopic (exact) mass is 384 g/mol. The summed E-state index contributed by atoms with van der Waals surface area (Å²) in [4.78, 5) is 11.4. The summed E-state index contributed by atoms with van der Waals surface area (Å²) >= 11 is 0. The van der Waals surface area contributed by atoms with Crippen molar-refractivity contribution in [3.05, 3.63) is 0 Å². The second kappa shape index (κ2) is 18.8. The van der Waals surface area contributed by atoms with E-state index in [-0.39, 0.29) is 12.4 Å². The molecule has 0 saturated heterocycles. The van der Waals surface area contributed by atoms with Gasteiger partial charge in [0.15, 0.2) is 0 Å². The number of rotatable bonds is 19. The predicted octanol–water partition coefficient (Wildman–Crippen LogP) is 7.05. The van der Waals surface area contributed by atoms with Crippen LogP contribution in [0.5, 0.6) is 0 Å². The lowest BCUT2D eigenvalue weighted by Gasteiger charge is -2.12. The van der Waals surface area contributed by atoms with Gasteiger partial charge < -0.3 is 9.84 Å². The second-order valence-corrected chi connectivity index (χ2v) is 8.68. The average Bonchev–Trinajstić information content (AvgIpc) is 2.65. The highest BCUT2D eigenvalue weighted by atomic mass is 16.5. The first-order chi connectivity index (χ1) is 13.0. The average molecular weight is 385 g/mol. The van der Waals surface area contributed by atoms with Crippen molar-refractivity contribution in [3.8, 4) is 0 Å². The third-order valence-electron chi connectivity index (χ3n) is 5.69. The minimum atomic E-state index is -0.534. The minimum absolute atomic E-state index is 0.147. The highest BCUT2D eigenvalue weighted by Crippen LogP contribution is 2.19. The molecular formula is C24H48O3. The number of aliphatic hydroxyl groups excluding tert-OH is 1. The van der Waals surface area contributed by atoms with Crippen molar-refractivity contribution in [1.82, 2.24) is 0 Å². The molecule has 27 heavy (non-hydrogen) atoms. The van der Waals surface area contributed by atoms with Gasteiger partial charge >= 0.3 is 5.97 Å². The first-order valence-electron chi connectivity index (χ1n) is 11.8. The number of ether oxygens (including phenoxy) is 1. The Labute approximate surface area is 169 Å². The SMILES string of the molecule is CCCOC(=O)CC(O)CCCCCCC(C)CCCCCCC(C)CC. The van der Waals surface area contributed by atoms with Crippen LogP contribution in [-0.2, 0) is 9.53 Å². The Balaban J connectivity index is 3.40. The highest BCUT2D eigenvalue weighted by Gasteiger charge is 2.11. The lowest BCUT2D eigenvalue weighted by molar-refractivity contribution is -0.145. The molecule has 0 aliphatic carbocycles. The van der Waals surface area contributed by atoms with Gasteiger partial charge in [0.05, 0.1) is 19.1 Å². The fraction of sp³-hybridized carbons (Fsp3) is 0.958. The van der Waals surface area contributed by atoms with E-state index in [1.54, 1.807) is 0 Å². The van der Waals surface area contributed by atoms with E-state index in [4.69, 9.17) is 4.74 Å². The van der Waals surface area contributed by atoms with E-state index in [1.165, 1.54) is 64.2 Å². The molecule has 162 valence electrons. The number of hydrogen-bond donors (Lipinski definition) is 1. The van der Waals surface area contributed by atoms with Crippen molar-refractivity contribution < 1.29 is 14.6 Å². The van der Waals surface area contributed by atoms with Gasteiger partial charge in [0.2, 0.25) is 0 Å². The number of carbonyl (C=O) groups is 1. The van der Waals surface area contributed by atoms with Crippen LogP contribution in [0.1, 0.15) is 124 Å². The zero-order valence-corrected chi connectivity index (χ0v) is 18.8. The third-order valence-corrected chi connectivity index (χ3v) is 5.69. The summed E-state index contributed by atoms with van der Waals surface area (Å²) < 4.78 is 5.00. The van der Waals surface area contributed by atoms with Crippen LogP contribution in [-0.4, -0.2) is 23.8 Å². The van der Waals surface area contributed by atoms with Gasteiger partial charge in [0.1, 0.15) is 0 Å². The van der Waals surface area contributed by atoms with Gasteiger partial charge in [-0.2, -0.15) is 0 Å². The number of esters is 1. The molecule has 0 aromatic heterocycles. The molecular weight excluding hydrogens is 336 g/mol. The van der Waals surface area contributed by atoms with E-state index in [0.29, 0.717) is 13.0 Å². The Morgan fingerprint density at radius 2 is 1.26 bits per heavy atom. The first kappa shape index (κ1) is 26.4. The van der Waals surface area contributed by atoms with E-state index in [1.807, 2.05) is 6.92 Å². The number of unbranched alkanes of at least 4 members (excludes halogenated alkanes) is 6. The maximum absolute atomic E-state index is 11.4. The zero-order valence-electron chi connectivity index (χ0n) is 18.8. The summed E-state index contributed by atoms with van der Waals surface area (Å²) in [5.41, 5.74) is 0. The van der Waals surface area contributed by atoms with Gasteiger partial charge in [-0.3, -0.25) is 4.79 Å². The number of carbonyl (C=O) groups excluding carboxylic acids is 1. The van der Waals surface area contributed by atoms with Gasteiger partial charge in [-0.05, 0) is 24.7 Å². The lowest BCUT2D eigenvalue weighted by atomic mass is 9.95. The van der Waals surface area contributed by atoms with E-state index < -0.39 is 6.10 Å². The molecule has 0 saturated carbocycles. The summed E-state index contributed by atoms with van der Waals surface area (Å²) in [6.45, 7) is 9.48. The molecule has 3 atom stereocenters. The standard InChI is InChI=1S/C24H48O3/c1-5-19-27-24(26)20-23(25)18-14-10-9-13-17-22(4)16-12-8-7-11-15-21(3)6-2/h21-23,25H,5-20H2,1-4H3. The fourth-order valence-electron chi connectivity index (χ4n) is 3.48. The maximum atomic E-state index is 11.4. The molecule has 0 rings (SSSR count). The van der Waals surface area contributed by atoms with Crippen LogP contribution in [0.2, 0.25) is 0 Å². The molecule has 0 radical (unpaired) electrons. The van der Waals surface area contributed by atoms with Gasteiger partial charge in [-0.25, -0.2) is 0 Å². The Kier molecular flexibility index (Phi) is 18.4. The minimum Gasteiger partial charge on any atom is -0.466 e. The summed E-state index contributed by atoms with van der Waals surface area (Å²) in [5.74, 6) is 1.48. The third kappa shape index (κ3) is 18.6. The molecule has 0 bridgehead atoms. The molecule has 0 aliphatic rings. The van der Waals surface area contributed by atoms with E-state index in [0.717, 1.165) is 31.1 Å². The summed E-state index contributed by atoms with van der Waals surface area (Å²) in [6.07, 6.45) is 16.9. The van der Waals surface area contributed by atoms with Crippen LogP contribution in [0.15, 0.2) is 0 Å². The Morgan fingerprint density at radius 3 is 1.74 bits per heavy atom. The molecule has 0 heterocycles. The topological polar surface area (TPSA) is 46.5 Å². The molecule has 3 heteroatoms. The normalized spacial score (nSPS) is 14.7. The summed E-state index contributed by atoms with van der Waals surface area (Å²) in [7, 11) is 0. The van der Waals surface area contributed by atoms with Crippen LogP contribution in [0.3, 0.4) is 0 Å². The van der Waals surface area contributed by atoms with Crippen LogP contribution >= 0.6 is 0 Å². The number of aliphatic hydroxyl groups is 1. The predicted molar refractivity (Wildman–Crippen MR) is 116 cm³/mol. The van der Waals surface area contributed by atoms with E-state index in [9.17, 15) is 9.90 Å². The largest absolute Gasteiger partial charge is 0.466 e. The molecule has 0 amide bonds. The molecule has 0 aliphatic heterocycles. The van der Waals surface area contributed by atoms with Crippen LogP contribution < -0.4 is 0 Å². The van der Waals surface area contributed by atoms with E-state index in [2.05, 4.69) is 20.8 Å². The Morgan fingerprint density at radius 1 is 0.778 bits per heavy atom. The summed E-state index contributed by atoms with van der Waals surface area (Å²) in [6, 6.07) is 0. The molecule has 3 unspecified atom stereocenters. The van der Waals surface area contributed by atoms with Crippen molar-refractivity contribution >= 4 is 5.97 Å².